The third kappa shape index (κ3) is 2.49. The molecule has 0 heterocycles. The summed E-state index contributed by atoms with van der Waals surface area (Å²) in [4.78, 5) is 13.6. The molecule has 3 saturated carbocycles. The zero-order chi connectivity index (χ0) is 15.3. The molecule has 0 N–H and O–H groups in total. The van der Waals surface area contributed by atoms with Gasteiger partial charge in [0.05, 0.1) is 0 Å². The molecule has 21 heavy (non-hydrogen) atoms. The average Bonchev–Trinajstić information content (AvgIpc) is 2.45. The normalized spacial score (nSPS) is 51.5. The average molecular weight is 290 g/mol. The van der Waals surface area contributed by atoms with Crippen molar-refractivity contribution >= 4 is 5.78 Å². The molecule has 3 aliphatic rings. The van der Waals surface area contributed by atoms with Crippen LogP contribution in [0, 0.1) is 34.5 Å². The SMILES string of the molecule is CC1CCC2(CCCC3(CCC(C)C(C)C3)C2=O)CC1C. The molecule has 0 bridgehead atoms. The molecule has 0 aliphatic heterocycles. The number of hydrogen-bond acceptors (Lipinski definition) is 1. The Morgan fingerprint density at radius 2 is 1.14 bits per heavy atom. The zero-order valence-corrected chi connectivity index (χ0v) is 14.6. The lowest BCUT2D eigenvalue weighted by Crippen LogP contribution is -2.52. The summed E-state index contributed by atoms with van der Waals surface area (Å²) < 4.78 is 0. The standard InChI is InChI=1S/C20H34O/c1-14-6-10-19(12-16(14)3)8-5-9-20(18(19)21)11-7-15(2)17(4)13-20/h14-17H,5-13H2,1-4H3. The summed E-state index contributed by atoms with van der Waals surface area (Å²) in [6.45, 7) is 9.52. The van der Waals surface area contributed by atoms with Crippen LogP contribution in [-0.4, -0.2) is 5.78 Å². The Kier molecular flexibility index (Phi) is 3.99. The monoisotopic (exact) mass is 290 g/mol. The van der Waals surface area contributed by atoms with E-state index >= 15 is 0 Å². The van der Waals surface area contributed by atoms with Gasteiger partial charge in [-0.05, 0) is 75.0 Å². The van der Waals surface area contributed by atoms with E-state index in [1.165, 1.54) is 57.8 Å². The molecule has 3 aliphatic carbocycles. The molecule has 3 fully saturated rings. The Balaban J connectivity index is 1.84. The van der Waals surface area contributed by atoms with Crippen LogP contribution in [0.3, 0.4) is 0 Å². The minimum absolute atomic E-state index is 0.0739. The fraction of sp³-hybridized carbons (Fsp3) is 0.950. The smallest absolute Gasteiger partial charge is 0.145 e. The predicted octanol–water partition coefficient (Wildman–Crippen LogP) is 5.62. The largest absolute Gasteiger partial charge is 0.298 e. The maximum Gasteiger partial charge on any atom is 0.145 e. The highest BCUT2D eigenvalue weighted by atomic mass is 16.1. The fourth-order valence-corrected chi connectivity index (χ4v) is 5.84. The van der Waals surface area contributed by atoms with Crippen molar-refractivity contribution in [1.82, 2.24) is 0 Å². The fourth-order valence-electron chi connectivity index (χ4n) is 5.84. The lowest BCUT2D eigenvalue weighted by molar-refractivity contribution is -0.153. The molecule has 0 radical (unpaired) electrons. The molecular weight excluding hydrogens is 256 g/mol. The van der Waals surface area contributed by atoms with Crippen LogP contribution < -0.4 is 0 Å². The van der Waals surface area contributed by atoms with Gasteiger partial charge in [0.25, 0.3) is 0 Å². The van der Waals surface area contributed by atoms with E-state index in [-0.39, 0.29) is 10.8 Å². The summed E-state index contributed by atoms with van der Waals surface area (Å²) in [5.74, 6) is 3.80. The molecule has 0 saturated heterocycles. The molecule has 1 heteroatoms. The lowest BCUT2D eigenvalue weighted by atomic mass is 9.49. The number of Topliss-reactive ketones (excluding diaryl/α,β-unsaturated/α-hetero) is 1. The molecule has 0 aromatic carbocycles. The van der Waals surface area contributed by atoms with Crippen LogP contribution >= 0.6 is 0 Å². The quantitative estimate of drug-likeness (QED) is 0.565. The van der Waals surface area contributed by atoms with Gasteiger partial charge in [-0.3, -0.25) is 4.79 Å². The summed E-state index contributed by atoms with van der Waals surface area (Å²) in [5, 5.41) is 0. The molecule has 120 valence electrons. The maximum absolute atomic E-state index is 13.6. The summed E-state index contributed by atoms with van der Waals surface area (Å²) >= 11 is 0. The van der Waals surface area contributed by atoms with Crippen LogP contribution in [0.25, 0.3) is 0 Å². The molecule has 3 rings (SSSR count). The van der Waals surface area contributed by atoms with Gasteiger partial charge in [-0.15, -0.1) is 0 Å². The molecule has 0 aromatic rings. The first kappa shape index (κ1) is 15.6. The van der Waals surface area contributed by atoms with Crippen molar-refractivity contribution in [2.45, 2.75) is 85.5 Å². The zero-order valence-electron chi connectivity index (χ0n) is 14.6. The van der Waals surface area contributed by atoms with E-state index in [0.29, 0.717) is 5.78 Å². The Labute approximate surface area is 131 Å². The van der Waals surface area contributed by atoms with Gasteiger partial charge in [0.2, 0.25) is 0 Å². The molecule has 0 amide bonds. The second-order valence-corrected chi connectivity index (χ2v) is 9.14. The summed E-state index contributed by atoms with van der Waals surface area (Å²) in [6, 6.07) is 0. The van der Waals surface area contributed by atoms with Crippen LogP contribution in [0.15, 0.2) is 0 Å². The van der Waals surface area contributed by atoms with Crippen molar-refractivity contribution in [3.05, 3.63) is 0 Å². The van der Waals surface area contributed by atoms with Crippen molar-refractivity contribution in [3.63, 3.8) is 0 Å². The lowest BCUT2D eigenvalue weighted by Gasteiger charge is -2.53. The molecule has 1 nitrogen and oxygen atoms in total. The van der Waals surface area contributed by atoms with Crippen LogP contribution in [0.1, 0.15) is 85.5 Å². The first-order valence-electron chi connectivity index (χ1n) is 9.43. The van der Waals surface area contributed by atoms with E-state index in [9.17, 15) is 4.79 Å². The molecule has 6 atom stereocenters. The van der Waals surface area contributed by atoms with Crippen molar-refractivity contribution in [2.75, 3.05) is 0 Å². The summed E-state index contributed by atoms with van der Waals surface area (Å²) in [6.07, 6.45) is 10.9. The predicted molar refractivity (Wildman–Crippen MR) is 88.1 cm³/mol. The van der Waals surface area contributed by atoms with E-state index in [1.54, 1.807) is 0 Å². The highest BCUT2D eigenvalue weighted by Gasteiger charge is 2.55. The van der Waals surface area contributed by atoms with Crippen molar-refractivity contribution < 1.29 is 4.79 Å². The van der Waals surface area contributed by atoms with E-state index in [2.05, 4.69) is 27.7 Å². The second kappa shape index (κ2) is 5.39. The van der Waals surface area contributed by atoms with Crippen molar-refractivity contribution in [1.29, 1.82) is 0 Å². The summed E-state index contributed by atoms with van der Waals surface area (Å²) in [5.41, 5.74) is 0.148. The minimum atomic E-state index is 0.0739. The Hall–Kier alpha value is -0.330. The van der Waals surface area contributed by atoms with E-state index in [4.69, 9.17) is 0 Å². The number of carbonyl (C=O) groups excluding carboxylic acids is 1. The molecule has 0 aromatic heterocycles. The van der Waals surface area contributed by atoms with Gasteiger partial charge in [0.1, 0.15) is 5.78 Å². The number of hydrogen-bond donors (Lipinski definition) is 0. The first-order valence-corrected chi connectivity index (χ1v) is 9.43. The number of rotatable bonds is 0. The van der Waals surface area contributed by atoms with Gasteiger partial charge in [0, 0.05) is 10.8 Å². The van der Waals surface area contributed by atoms with Crippen LogP contribution in [0.4, 0.5) is 0 Å². The molecule has 6 unspecified atom stereocenters. The number of carbonyl (C=O) groups is 1. The Morgan fingerprint density at radius 3 is 1.52 bits per heavy atom. The van der Waals surface area contributed by atoms with Crippen LogP contribution in [-0.2, 0) is 4.79 Å². The first-order chi connectivity index (χ1) is 9.89. The third-order valence-electron chi connectivity index (χ3n) is 7.80. The van der Waals surface area contributed by atoms with Gasteiger partial charge in [-0.25, -0.2) is 0 Å². The van der Waals surface area contributed by atoms with Gasteiger partial charge >= 0.3 is 0 Å². The minimum Gasteiger partial charge on any atom is -0.298 e. The summed E-state index contributed by atoms with van der Waals surface area (Å²) in [7, 11) is 0. The van der Waals surface area contributed by atoms with E-state index < -0.39 is 0 Å². The van der Waals surface area contributed by atoms with Gasteiger partial charge in [-0.2, -0.15) is 0 Å². The second-order valence-electron chi connectivity index (χ2n) is 9.14. The Morgan fingerprint density at radius 1 is 0.714 bits per heavy atom. The van der Waals surface area contributed by atoms with Crippen LogP contribution in [0.2, 0.25) is 0 Å². The maximum atomic E-state index is 13.6. The molecular formula is C20H34O. The van der Waals surface area contributed by atoms with Crippen molar-refractivity contribution in [2.24, 2.45) is 34.5 Å². The van der Waals surface area contributed by atoms with E-state index in [0.717, 1.165) is 23.7 Å². The van der Waals surface area contributed by atoms with Gasteiger partial charge in [0.15, 0.2) is 0 Å². The van der Waals surface area contributed by atoms with Crippen molar-refractivity contribution in [3.8, 4) is 0 Å². The van der Waals surface area contributed by atoms with Gasteiger partial charge in [-0.1, -0.05) is 34.1 Å². The Bertz CT molecular complexity index is 378. The highest BCUT2D eigenvalue weighted by molar-refractivity contribution is 5.91. The number of ketones is 1. The van der Waals surface area contributed by atoms with Crippen LogP contribution in [0.5, 0.6) is 0 Å². The van der Waals surface area contributed by atoms with E-state index in [1.807, 2.05) is 0 Å². The highest BCUT2D eigenvalue weighted by Crippen LogP contribution is 2.58. The molecule has 2 spiro atoms. The third-order valence-corrected chi connectivity index (χ3v) is 7.80. The topological polar surface area (TPSA) is 17.1 Å². The van der Waals surface area contributed by atoms with Gasteiger partial charge < -0.3 is 0 Å².